The number of anilines is 1. The number of alkyl halides is 1. The molecular weight excluding hydrogens is 344 g/mol. The van der Waals surface area contributed by atoms with E-state index in [1.807, 2.05) is 67.6 Å². The Balaban J connectivity index is 1.72. The average molecular weight is 363 g/mol. The first-order valence-corrected chi connectivity index (χ1v) is 8.90. The summed E-state index contributed by atoms with van der Waals surface area (Å²) in [5.41, 5.74) is 4.67. The van der Waals surface area contributed by atoms with E-state index in [1.165, 1.54) is 0 Å². The lowest BCUT2D eigenvalue weighted by Crippen LogP contribution is -2.40. The molecular formula is C21H19ClN4. The monoisotopic (exact) mass is 362 g/mol. The normalized spacial score (nSPS) is 18.6. The fourth-order valence-electron chi connectivity index (χ4n) is 3.00. The van der Waals surface area contributed by atoms with Crippen LogP contribution in [0.5, 0.6) is 0 Å². The van der Waals surface area contributed by atoms with Gasteiger partial charge in [0, 0.05) is 23.5 Å². The molecule has 130 valence electrons. The van der Waals surface area contributed by atoms with Gasteiger partial charge >= 0.3 is 0 Å². The highest BCUT2D eigenvalue weighted by atomic mass is 35.5. The van der Waals surface area contributed by atoms with Crippen molar-refractivity contribution in [1.82, 2.24) is 10.3 Å². The lowest BCUT2D eigenvalue weighted by atomic mass is 10.1. The number of para-hydroxylation sites is 1. The van der Waals surface area contributed by atoms with Gasteiger partial charge in [0.15, 0.2) is 5.84 Å². The van der Waals surface area contributed by atoms with E-state index in [4.69, 9.17) is 16.6 Å². The van der Waals surface area contributed by atoms with Gasteiger partial charge in [-0.3, -0.25) is 5.32 Å². The molecule has 0 spiro atoms. The first-order valence-electron chi connectivity index (χ1n) is 8.52. The standard InChI is InChI=1S/C21H19ClN4/c1-15-8-7-13-19(24-15)20-25-18-12-6-5-11-17(18)21(22,26-20)23-14-16-9-3-2-4-10-16/h2-13,23H,14H2,1H3,(H,25,26). The first kappa shape index (κ1) is 16.8. The van der Waals surface area contributed by atoms with E-state index < -0.39 is 5.12 Å². The quantitative estimate of drug-likeness (QED) is 0.534. The number of aliphatic imine (C=N–C) groups is 1. The second-order valence-corrected chi connectivity index (χ2v) is 6.80. The van der Waals surface area contributed by atoms with Crippen LogP contribution in [-0.2, 0) is 11.7 Å². The molecule has 2 heterocycles. The number of halogens is 1. The summed E-state index contributed by atoms with van der Waals surface area (Å²) in [6.45, 7) is 2.57. The molecule has 0 amide bonds. The van der Waals surface area contributed by atoms with Crippen molar-refractivity contribution in [3.63, 3.8) is 0 Å². The zero-order chi connectivity index (χ0) is 18.0. The molecule has 1 unspecified atom stereocenters. The van der Waals surface area contributed by atoms with Crippen molar-refractivity contribution >= 4 is 23.1 Å². The molecule has 0 saturated heterocycles. The van der Waals surface area contributed by atoms with E-state index in [1.54, 1.807) is 0 Å². The van der Waals surface area contributed by atoms with Crippen LogP contribution in [-0.4, -0.2) is 10.8 Å². The number of aryl methyl sites for hydroxylation is 1. The second-order valence-electron chi connectivity index (χ2n) is 6.26. The van der Waals surface area contributed by atoms with E-state index in [2.05, 4.69) is 27.8 Å². The molecule has 4 nitrogen and oxygen atoms in total. The Labute approximate surface area is 158 Å². The van der Waals surface area contributed by atoms with Crippen molar-refractivity contribution < 1.29 is 0 Å². The van der Waals surface area contributed by atoms with Crippen LogP contribution in [0.1, 0.15) is 22.5 Å². The summed E-state index contributed by atoms with van der Waals surface area (Å²) in [5, 5.41) is 5.69. The summed E-state index contributed by atoms with van der Waals surface area (Å²) in [6, 6.07) is 23.9. The highest BCUT2D eigenvalue weighted by Gasteiger charge is 2.35. The maximum absolute atomic E-state index is 6.97. The van der Waals surface area contributed by atoms with E-state index in [9.17, 15) is 0 Å². The van der Waals surface area contributed by atoms with Gasteiger partial charge in [-0.25, -0.2) is 9.98 Å². The number of hydrogen-bond acceptors (Lipinski definition) is 4. The third-order valence-corrected chi connectivity index (χ3v) is 4.73. The Bertz CT molecular complexity index is 955. The Morgan fingerprint density at radius 1 is 0.962 bits per heavy atom. The first-order chi connectivity index (χ1) is 12.6. The number of hydrogen-bond donors (Lipinski definition) is 2. The third kappa shape index (κ3) is 3.34. The van der Waals surface area contributed by atoms with Crippen molar-refractivity contribution in [2.24, 2.45) is 4.99 Å². The lowest BCUT2D eigenvalue weighted by Gasteiger charge is -2.32. The summed E-state index contributed by atoms with van der Waals surface area (Å²) in [7, 11) is 0. The summed E-state index contributed by atoms with van der Waals surface area (Å²) < 4.78 is 0. The van der Waals surface area contributed by atoms with Crippen LogP contribution in [0, 0.1) is 6.92 Å². The van der Waals surface area contributed by atoms with E-state index in [0.717, 1.165) is 28.2 Å². The third-order valence-electron chi connectivity index (χ3n) is 4.30. The minimum absolute atomic E-state index is 0.608. The molecule has 0 saturated carbocycles. The molecule has 2 aromatic carbocycles. The minimum Gasteiger partial charge on any atom is -0.338 e. The van der Waals surface area contributed by atoms with Crippen molar-refractivity contribution in [1.29, 1.82) is 0 Å². The van der Waals surface area contributed by atoms with E-state index in [0.29, 0.717) is 12.4 Å². The molecule has 0 bridgehead atoms. The van der Waals surface area contributed by atoms with Crippen molar-refractivity contribution in [3.05, 3.63) is 95.3 Å². The molecule has 1 atom stereocenters. The number of amidine groups is 1. The number of nitrogens with zero attached hydrogens (tertiary/aromatic N) is 2. The smallest absolute Gasteiger partial charge is 0.217 e. The highest BCUT2D eigenvalue weighted by Crippen LogP contribution is 2.37. The largest absolute Gasteiger partial charge is 0.338 e. The summed E-state index contributed by atoms with van der Waals surface area (Å²) in [5.74, 6) is 0.656. The Kier molecular flexibility index (Phi) is 4.45. The van der Waals surface area contributed by atoms with E-state index in [-0.39, 0.29) is 0 Å². The topological polar surface area (TPSA) is 49.3 Å². The van der Waals surface area contributed by atoms with Gasteiger partial charge in [0.05, 0.1) is 0 Å². The van der Waals surface area contributed by atoms with Crippen LogP contribution in [0.2, 0.25) is 0 Å². The predicted octanol–water partition coefficient (Wildman–Crippen LogP) is 4.40. The van der Waals surface area contributed by atoms with Gasteiger partial charge in [0.2, 0.25) is 5.12 Å². The Morgan fingerprint density at radius 2 is 1.73 bits per heavy atom. The number of benzene rings is 2. The van der Waals surface area contributed by atoms with Crippen molar-refractivity contribution in [2.45, 2.75) is 18.6 Å². The molecule has 2 N–H and O–H groups in total. The predicted molar refractivity (Wildman–Crippen MR) is 106 cm³/mol. The maximum atomic E-state index is 6.97. The zero-order valence-electron chi connectivity index (χ0n) is 14.4. The maximum Gasteiger partial charge on any atom is 0.217 e. The summed E-state index contributed by atoms with van der Waals surface area (Å²) in [6.07, 6.45) is 0. The molecule has 1 aliphatic heterocycles. The molecule has 3 aromatic rings. The van der Waals surface area contributed by atoms with Gasteiger partial charge < -0.3 is 5.32 Å². The molecule has 4 rings (SSSR count). The van der Waals surface area contributed by atoms with Gasteiger partial charge in [-0.15, -0.1) is 0 Å². The number of rotatable bonds is 4. The van der Waals surface area contributed by atoms with Crippen molar-refractivity contribution in [3.8, 4) is 0 Å². The van der Waals surface area contributed by atoms with Gasteiger partial charge in [-0.05, 0) is 30.7 Å². The number of pyridine rings is 1. The minimum atomic E-state index is -1.06. The van der Waals surface area contributed by atoms with Crippen LogP contribution in [0.15, 0.2) is 77.8 Å². The van der Waals surface area contributed by atoms with Crippen LogP contribution in [0.4, 0.5) is 5.69 Å². The second kappa shape index (κ2) is 6.90. The van der Waals surface area contributed by atoms with Gasteiger partial charge in [0.25, 0.3) is 0 Å². The van der Waals surface area contributed by atoms with Gasteiger partial charge in [-0.2, -0.15) is 0 Å². The molecule has 26 heavy (non-hydrogen) atoms. The number of aromatic nitrogens is 1. The number of fused-ring (bicyclic) bond motifs is 1. The molecule has 5 heteroatoms. The van der Waals surface area contributed by atoms with Crippen LogP contribution >= 0.6 is 11.6 Å². The van der Waals surface area contributed by atoms with Crippen LogP contribution in [0.25, 0.3) is 0 Å². The SMILES string of the molecule is Cc1cccc(C2=NC(Cl)(NCc3ccccc3)c3ccccc3N2)n1. The van der Waals surface area contributed by atoms with Gasteiger partial charge in [0.1, 0.15) is 5.69 Å². The van der Waals surface area contributed by atoms with Crippen LogP contribution in [0.3, 0.4) is 0 Å². The van der Waals surface area contributed by atoms with Crippen molar-refractivity contribution in [2.75, 3.05) is 5.32 Å². The summed E-state index contributed by atoms with van der Waals surface area (Å²) >= 11 is 6.97. The van der Waals surface area contributed by atoms with Crippen LogP contribution < -0.4 is 10.6 Å². The molecule has 1 aromatic heterocycles. The van der Waals surface area contributed by atoms with Gasteiger partial charge in [-0.1, -0.05) is 66.2 Å². The molecule has 0 radical (unpaired) electrons. The molecule has 0 aliphatic carbocycles. The molecule has 1 aliphatic rings. The Morgan fingerprint density at radius 3 is 2.54 bits per heavy atom. The average Bonchev–Trinajstić information content (AvgIpc) is 2.67. The van der Waals surface area contributed by atoms with E-state index >= 15 is 0 Å². The Hall–Kier alpha value is -2.69. The number of nitrogens with one attached hydrogen (secondary N) is 2. The fourth-order valence-corrected chi connectivity index (χ4v) is 3.31. The highest BCUT2D eigenvalue weighted by molar-refractivity contribution is 6.26. The lowest BCUT2D eigenvalue weighted by molar-refractivity contribution is 0.489. The zero-order valence-corrected chi connectivity index (χ0v) is 15.2. The fraction of sp³-hybridized carbons (Fsp3) is 0.143. The summed E-state index contributed by atoms with van der Waals surface area (Å²) in [4.78, 5) is 9.35. The molecule has 0 fully saturated rings.